The predicted molar refractivity (Wildman–Crippen MR) is 92.7 cm³/mol. The lowest BCUT2D eigenvalue weighted by Crippen LogP contribution is -2.14. The van der Waals surface area contributed by atoms with E-state index in [1.807, 2.05) is 6.07 Å². The fourth-order valence-electron chi connectivity index (χ4n) is 2.34. The third-order valence-corrected chi connectivity index (χ3v) is 3.67. The van der Waals surface area contributed by atoms with Gasteiger partial charge in [0, 0.05) is 30.2 Å². The Morgan fingerprint density at radius 1 is 1.17 bits per heavy atom. The van der Waals surface area contributed by atoms with E-state index >= 15 is 0 Å². The quantitative estimate of drug-likeness (QED) is 0.849. The molecule has 0 fully saturated rings. The molecule has 1 amide bonds. The van der Waals surface area contributed by atoms with Gasteiger partial charge in [-0.15, -0.1) is 0 Å². The number of carbonyl (C=O) groups excluding carboxylic acids is 1. The van der Waals surface area contributed by atoms with Crippen LogP contribution >= 0.6 is 0 Å². The SMILES string of the molecule is CC(C)CCNc1ccnc(C(=O)Nc2ccc3c(c2)OCO3)c1. The van der Waals surface area contributed by atoms with Gasteiger partial charge in [0.05, 0.1) is 0 Å². The van der Waals surface area contributed by atoms with Crippen LogP contribution in [-0.2, 0) is 0 Å². The van der Waals surface area contributed by atoms with Crippen LogP contribution in [0.5, 0.6) is 11.5 Å². The van der Waals surface area contributed by atoms with Gasteiger partial charge in [-0.3, -0.25) is 9.78 Å². The largest absolute Gasteiger partial charge is 0.454 e. The lowest BCUT2D eigenvalue weighted by molar-refractivity contribution is 0.102. The summed E-state index contributed by atoms with van der Waals surface area (Å²) in [5.41, 5.74) is 1.90. The molecule has 1 aromatic carbocycles. The second-order valence-electron chi connectivity index (χ2n) is 6.06. The topological polar surface area (TPSA) is 72.5 Å². The van der Waals surface area contributed by atoms with E-state index in [1.165, 1.54) is 0 Å². The van der Waals surface area contributed by atoms with Crippen LogP contribution < -0.4 is 20.1 Å². The molecule has 126 valence electrons. The zero-order valence-corrected chi connectivity index (χ0v) is 13.8. The highest BCUT2D eigenvalue weighted by atomic mass is 16.7. The van der Waals surface area contributed by atoms with Crippen LogP contribution in [-0.4, -0.2) is 24.2 Å². The Hall–Kier alpha value is -2.76. The maximum atomic E-state index is 12.4. The lowest BCUT2D eigenvalue weighted by Gasteiger charge is -2.10. The molecule has 2 aromatic rings. The van der Waals surface area contributed by atoms with Crippen LogP contribution in [0.4, 0.5) is 11.4 Å². The van der Waals surface area contributed by atoms with Crippen LogP contribution in [0.3, 0.4) is 0 Å². The number of rotatable bonds is 6. The van der Waals surface area contributed by atoms with E-state index in [0.717, 1.165) is 18.7 Å². The molecule has 2 N–H and O–H groups in total. The van der Waals surface area contributed by atoms with Crippen molar-refractivity contribution < 1.29 is 14.3 Å². The van der Waals surface area contributed by atoms with Crippen LogP contribution in [0.1, 0.15) is 30.8 Å². The van der Waals surface area contributed by atoms with Crippen molar-refractivity contribution in [2.24, 2.45) is 5.92 Å². The van der Waals surface area contributed by atoms with Gasteiger partial charge in [0.25, 0.3) is 5.91 Å². The van der Waals surface area contributed by atoms with E-state index in [0.29, 0.717) is 28.8 Å². The van der Waals surface area contributed by atoms with Crippen LogP contribution in [0.25, 0.3) is 0 Å². The van der Waals surface area contributed by atoms with Gasteiger partial charge in [0.1, 0.15) is 5.69 Å². The Balaban J connectivity index is 1.64. The molecule has 3 rings (SSSR count). The smallest absolute Gasteiger partial charge is 0.274 e. The van der Waals surface area contributed by atoms with Crippen LogP contribution in [0.2, 0.25) is 0 Å². The van der Waals surface area contributed by atoms with Gasteiger partial charge in [-0.1, -0.05) is 13.8 Å². The molecule has 2 heterocycles. The van der Waals surface area contributed by atoms with Crippen molar-refractivity contribution in [1.82, 2.24) is 4.98 Å². The molecule has 0 saturated carbocycles. The summed E-state index contributed by atoms with van der Waals surface area (Å²) in [6.07, 6.45) is 2.70. The average Bonchev–Trinajstić information content (AvgIpc) is 3.02. The molecule has 1 aliphatic heterocycles. The molecule has 0 atom stereocenters. The van der Waals surface area contributed by atoms with Crippen molar-refractivity contribution in [3.8, 4) is 11.5 Å². The minimum Gasteiger partial charge on any atom is -0.454 e. The predicted octanol–water partition coefficient (Wildman–Crippen LogP) is 3.52. The number of anilines is 2. The van der Waals surface area contributed by atoms with Gasteiger partial charge < -0.3 is 20.1 Å². The molecule has 1 aliphatic rings. The number of amides is 1. The molecule has 0 aliphatic carbocycles. The monoisotopic (exact) mass is 327 g/mol. The number of nitrogens with zero attached hydrogens (tertiary/aromatic N) is 1. The standard InChI is InChI=1S/C18H21N3O3/c1-12(2)5-7-19-13-6-8-20-15(9-13)18(22)21-14-3-4-16-17(10-14)24-11-23-16/h3-4,6,8-10,12H,5,7,11H2,1-2H3,(H,19,20)(H,21,22). The molecule has 6 nitrogen and oxygen atoms in total. The van der Waals surface area contributed by atoms with E-state index in [-0.39, 0.29) is 12.7 Å². The molecule has 0 spiro atoms. The lowest BCUT2D eigenvalue weighted by atomic mass is 10.1. The molecule has 0 radical (unpaired) electrons. The van der Waals surface area contributed by atoms with Crippen LogP contribution in [0, 0.1) is 5.92 Å². The number of benzene rings is 1. The normalized spacial score (nSPS) is 12.3. The Morgan fingerprint density at radius 3 is 2.83 bits per heavy atom. The minimum atomic E-state index is -0.263. The zero-order valence-electron chi connectivity index (χ0n) is 13.8. The number of pyridine rings is 1. The van der Waals surface area contributed by atoms with E-state index in [1.54, 1.807) is 30.5 Å². The van der Waals surface area contributed by atoms with Crippen molar-refractivity contribution in [2.45, 2.75) is 20.3 Å². The van der Waals surface area contributed by atoms with E-state index in [4.69, 9.17) is 9.47 Å². The number of hydrogen-bond acceptors (Lipinski definition) is 5. The number of nitrogens with one attached hydrogen (secondary N) is 2. The van der Waals surface area contributed by atoms with E-state index in [2.05, 4.69) is 29.5 Å². The summed E-state index contributed by atoms with van der Waals surface area (Å²) in [4.78, 5) is 16.5. The molecule has 0 bridgehead atoms. The first-order chi connectivity index (χ1) is 11.6. The summed E-state index contributed by atoms with van der Waals surface area (Å²) in [5, 5.41) is 6.14. The number of aromatic nitrogens is 1. The number of fused-ring (bicyclic) bond motifs is 1. The second-order valence-corrected chi connectivity index (χ2v) is 6.06. The van der Waals surface area contributed by atoms with E-state index < -0.39 is 0 Å². The highest BCUT2D eigenvalue weighted by Gasteiger charge is 2.15. The van der Waals surface area contributed by atoms with Crippen molar-refractivity contribution in [3.63, 3.8) is 0 Å². The molecule has 1 aromatic heterocycles. The second kappa shape index (κ2) is 7.21. The third kappa shape index (κ3) is 3.95. The summed E-state index contributed by atoms with van der Waals surface area (Å²) in [6.45, 7) is 5.43. The minimum absolute atomic E-state index is 0.207. The number of hydrogen-bond donors (Lipinski definition) is 2. The van der Waals surface area contributed by atoms with Crippen molar-refractivity contribution in [1.29, 1.82) is 0 Å². The first-order valence-electron chi connectivity index (χ1n) is 8.03. The average molecular weight is 327 g/mol. The maximum Gasteiger partial charge on any atom is 0.274 e. The Labute approximate surface area is 141 Å². The molecular weight excluding hydrogens is 306 g/mol. The fourth-order valence-corrected chi connectivity index (χ4v) is 2.34. The molecule has 0 unspecified atom stereocenters. The van der Waals surface area contributed by atoms with Gasteiger partial charge in [-0.05, 0) is 36.6 Å². The highest BCUT2D eigenvalue weighted by Crippen LogP contribution is 2.34. The van der Waals surface area contributed by atoms with Gasteiger partial charge in [0.2, 0.25) is 6.79 Å². The first kappa shape index (κ1) is 16.1. The molecule has 6 heteroatoms. The van der Waals surface area contributed by atoms with Crippen molar-refractivity contribution >= 4 is 17.3 Å². The summed E-state index contributed by atoms with van der Waals surface area (Å²) in [5.74, 6) is 1.68. The highest BCUT2D eigenvalue weighted by molar-refractivity contribution is 6.03. The summed E-state index contributed by atoms with van der Waals surface area (Å²) < 4.78 is 10.6. The Morgan fingerprint density at radius 2 is 2.00 bits per heavy atom. The van der Waals surface area contributed by atoms with E-state index in [9.17, 15) is 4.79 Å². The fraction of sp³-hybridized carbons (Fsp3) is 0.333. The number of ether oxygens (including phenoxy) is 2. The molecular formula is C18H21N3O3. The maximum absolute atomic E-state index is 12.4. The zero-order chi connectivity index (χ0) is 16.9. The Kier molecular flexibility index (Phi) is 4.84. The number of carbonyl (C=O) groups is 1. The first-order valence-corrected chi connectivity index (χ1v) is 8.03. The van der Waals surface area contributed by atoms with Gasteiger partial charge >= 0.3 is 0 Å². The summed E-state index contributed by atoms with van der Waals surface area (Å²) in [6, 6.07) is 8.90. The Bertz CT molecular complexity index is 731. The van der Waals surface area contributed by atoms with Crippen molar-refractivity contribution in [2.75, 3.05) is 24.0 Å². The van der Waals surface area contributed by atoms with Crippen LogP contribution in [0.15, 0.2) is 36.5 Å². The van der Waals surface area contributed by atoms with Crippen molar-refractivity contribution in [3.05, 3.63) is 42.2 Å². The summed E-state index contributed by atoms with van der Waals surface area (Å²) >= 11 is 0. The molecule has 24 heavy (non-hydrogen) atoms. The summed E-state index contributed by atoms with van der Waals surface area (Å²) in [7, 11) is 0. The molecule has 0 saturated heterocycles. The third-order valence-electron chi connectivity index (χ3n) is 3.67. The van der Waals surface area contributed by atoms with Gasteiger partial charge in [0.15, 0.2) is 11.5 Å². The van der Waals surface area contributed by atoms with Gasteiger partial charge in [-0.2, -0.15) is 0 Å². The van der Waals surface area contributed by atoms with Gasteiger partial charge in [-0.25, -0.2) is 0 Å².